The molecule has 0 spiro atoms. The van der Waals surface area contributed by atoms with Crippen LogP contribution in [0.5, 0.6) is 0 Å². The topological polar surface area (TPSA) is 14.8 Å². The van der Waals surface area contributed by atoms with Gasteiger partial charge < -0.3 is 13.7 Å². The molecule has 12 aromatic rings. The van der Waals surface area contributed by atoms with Crippen LogP contribution >= 0.6 is 0 Å². The van der Waals surface area contributed by atoms with Crippen LogP contribution in [0, 0.1) is 0 Å². The summed E-state index contributed by atoms with van der Waals surface area (Å²) < 4.78 is 7.27. The number of para-hydroxylation sites is 4. The molecule has 0 aliphatic heterocycles. The molecular formula is C54H35N3. The zero-order valence-corrected chi connectivity index (χ0v) is 31.0. The zero-order chi connectivity index (χ0) is 37.5. The van der Waals surface area contributed by atoms with E-state index in [1.54, 1.807) is 0 Å². The van der Waals surface area contributed by atoms with Crippen molar-refractivity contribution in [1.82, 2.24) is 13.7 Å². The summed E-state index contributed by atoms with van der Waals surface area (Å²) in [5.74, 6) is 0. The van der Waals surface area contributed by atoms with Crippen molar-refractivity contribution in [1.29, 1.82) is 0 Å². The molecule has 9 aromatic carbocycles. The average Bonchev–Trinajstić information content (AvgIpc) is 3.92. The summed E-state index contributed by atoms with van der Waals surface area (Å²) >= 11 is 0. The quantitative estimate of drug-likeness (QED) is 0.168. The third-order valence-electron chi connectivity index (χ3n) is 11.8. The number of hydrogen-bond donors (Lipinski definition) is 0. The Morgan fingerprint density at radius 1 is 0.228 bits per heavy atom. The Balaban J connectivity index is 1.04. The molecule has 3 nitrogen and oxygen atoms in total. The van der Waals surface area contributed by atoms with Gasteiger partial charge >= 0.3 is 0 Å². The van der Waals surface area contributed by atoms with Crippen LogP contribution in [0.4, 0.5) is 0 Å². The smallest absolute Gasteiger partial charge is 0.0562 e. The highest BCUT2D eigenvalue weighted by Gasteiger charge is 2.20. The fourth-order valence-electron chi connectivity index (χ4n) is 9.32. The molecule has 0 bridgehead atoms. The molecule has 266 valence electrons. The molecule has 0 N–H and O–H groups in total. The first-order valence-electron chi connectivity index (χ1n) is 19.6. The lowest BCUT2D eigenvalue weighted by molar-refractivity contribution is 1.17. The maximum atomic E-state index is 2.47. The van der Waals surface area contributed by atoms with Gasteiger partial charge in [-0.05, 0) is 101 Å². The van der Waals surface area contributed by atoms with Gasteiger partial charge in [-0.1, -0.05) is 133 Å². The minimum absolute atomic E-state index is 1.15. The van der Waals surface area contributed by atoms with E-state index >= 15 is 0 Å². The Hall–Kier alpha value is -7.62. The fraction of sp³-hybridized carbons (Fsp3) is 0. The van der Waals surface area contributed by atoms with E-state index in [2.05, 4.69) is 226 Å². The first-order valence-corrected chi connectivity index (χ1v) is 19.6. The summed E-state index contributed by atoms with van der Waals surface area (Å²) in [6.45, 7) is 0. The predicted octanol–water partition coefficient (Wildman–Crippen LogP) is 14.3. The van der Waals surface area contributed by atoms with Crippen molar-refractivity contribution in [2.75, 3.05) is 0 Å². The lowest BCUT2D eigenvalue weighted by atomic mass is 10.0. The third kappa shape index (κ3) is 4.79. The Morgan fingerprint density at radius 2 is 0.649 bits per heavy atom. The molecule has 57 heavy (non-hydrogen) atoms. The minimum atomic E-state index is 1.15. The monoisotopic (exact) mass is 725 g/mol. The van der Waals surface area contributed by atoms with Crippen molar-refractivity contribution in [2.45, 2.75) is 0 Å². The van der Waals surface area contributed by atoms with E-state index < -0.39 is 0 Å². The second kappa shape index (κ2) is 12.5. The number of nitrogens with zero attached hydrogens (tertiary/aromatic N) is 3. The lowest BCUT2D eigenvalue weighted by Gasteiger charge is -2.12. The lowest BCUT2D eigenvalue weighted by Crippen LogP contribution is -1.96. The minimum Gasteiger partial charge on any atom is -0.309 e. The predicted molar refractivity (Wildman–Crippen MR) is 240 cm³/mol. The highest BCUT2D eigenvalue weighted by atomic mass is 15.0. The molecule has 0 amide bonds. The number of benzene rings is 9. The SMILES string of the molecule is c1ccc(-c2ccc(-n3c4ccccc4c4c(-n5c6ccccc6c6cc(-c7ccc8c(c7)c7ccccc7n8-c7ccccc7)ccc65)cccc43)cc2)cc1. The summed E-state index contributed by atoms with van der Waals surface area (Å²) in [6.07, 6.45) is 0. The molecule has 0 saturated heterocycles. The maximum Gasteiger partial charge on any atom is 0.0562 e. The summed E-state index contributed by atoms with van der Waals surface area (Å²) in [6, 6.07) is 77.4. The van der Waals surface area contributed by atoms with Crippen molar-refractivity contribution in [3.05, 3.63) is 212 Å². The van der Waals surface area contributed by atoms with E-state index in [4.69, 9.17) is 0 Å². The van der Waals surface area contributed by atoms with Crippen LogP contribution in [-0.4, -0.2) is 13.7 Å². The maximum absolute atomic E-state index is 2.47. The van der Waals surface area contributed by atoms with E-state index in [9.17, 15) is 0 Å². The normalized spacial score (nSPS) is 11.9. The molecule has 0 radical (unpaired) electrons. The van der Waals surface area contributed by atoms with E-state index in [1.165, 1.54) is 99.0 Å². The third-order valence-corrected chi connectivity index (χ3v) is 11.8. The molecular weight excluding hydrogens is 691 g/mol. The van der Waals surface area contributed by atoms with Crippen LogP contribution in [0.3, 0.4) is 0 Å². The molecule has 0 atom stereocenters. The van der Waals surface area contributed by atoms with E-state index in [0.29, 0.717) is 0 Å². The van der Waals surface area contributed by atoms with Gasteiger partial charge in [0.2, 0.25) is 0 Å². The Labute approximate surface area is 329 Å². The molecule has 0 fully saturated rings. The summed E-state index contributed by atoms with van der Waals surface area (Å²) in [5.41, 5.74) is 15.5. The first kappa shape index (κ1) is 31.7. The second-order valence-corrected chi connectivity index (χ2v) is 14.9. The average molecular weight is 726 g/mol. The van der Waals surface area contributed by atoms with Gasteiger partial charge in [-0.2, -0.15) is 0 Å². The van der Waals surface area contributed by atoms with Crippen LogP contribution < -0.4 is 0 Å². The molecule has 0 aliphatic carbocycles. The largest absolute Gasteiger partial charge is 0.309 e. The standard InChI is InChI=1S/C54H35N3/c1-3-14-36(15-4-1)37-26-30-41(31-27-37)56-49-23-12-9-20-44(49)54-52(56)24-13-25-53(54)57-48-22-11-8-19-43(48)46-35-39(29-33-51(46)57)38-28-32-50-45(34-38)42-18-7-10-21-47(42)55(50)40-16-5-2-6-17-40/h1-35H. The number of rotatable bonds is 5. The van der Waals surface area contributed by atoms with Gasteiger partial charge in [0.05, 0.1) is 38.8 Å². The van der Waals surface area contributed by atoms with Gasteiger partial charge in [0.15, 0.2) is 0 Å². The van der Waals surface area contributed by atoms with Crippen molar-refractivity contribution in [2.24, 2.45) is 0 Å². The second-order valence-electron chi connectivity index (χ2n) is 14.9. The molecule has 0 saturated carbocycles. The van der Waals surface area contributed by atoms with Gasteiger partial charge in [0.25, 0.3) is 0 Å². The van der Waals surface area contributed by atoms with Gasteiger partial charge in [0.1, 0.15) is 0 Å². The van der Waals surface area contributed by atoms with Gasteiger partial charge in [-0.25, -0.2) is 0 Å². The van der Waals surface area contributed by atoms with Gasteiger partial charge in [-0.15, -0.1) is 0 Å². The molecule has 0 aliphatic rings. The molecule has 3 heterocycles. The fourth-order valence-corrected chi connectivity index (χ4v) is 9.32. The number of hydrogen-bond acceptors (Lipinski definition) is 0. The highest BCUT2D eigenvalue weighted by Crippen LogP contribution is 2.42. The van der Waals surface area contributed by atoms with Gasteiger partial charge in [-0.3, -0.25) is 0 Å². The Morgan fingerprint density at radius 3 is 1.30 bits per heavy atom. The van der Waals surface area contributed by atoms with E-state index in [1.807, 2.05) is 0 Å². The van der Waals surface area contributed by atoms with Crippen LogP contribution in [0.1, 0.15) is 0 Å². The molecule has 0 unspecified atom stereocenters. The van der Waals surface area contributed by atoms with Crippen molar-refractivity contribution >= 4 is 65.4 Å². The van der Waals surface area contributed by atoms with E-state index in [0.717, 1.165) is 5.69 Å². The Kier molecular flexibility index (Phi) is 6.93. The molecule has 12 rings (SSSR count). The van der Waals surface area contributed by atoms with E-state index in [-0.39, 0.29) is 0 Å². The first-order chi connectivity index (χ1) is 28.3. The summed E-state index contributed by atoms with van der Waals surface area (Å²) in [5, 5.41) is 7.48. The zero-order valence-electron chi connectivity index (χ0n) is 31.0. The molecule has 3 aromatic heterocycles. The number of fused-ring (bicyclic) bond motifs is 9. The van der Waals surface area contributed by atoms with Crippen molar-refractivity contribution in [3.8, 4) is 39.3 Å². The highest BCUT2D eigenvalue weighted by molar-refractivity contribution is 6.17. The van der Waals surface area contributed by atoms with Crippen LogP contribution in [0.25, 0.3) is 105 Å². The van der Waals surface area contributed by atoms with Crippen LogP contribution in [-0.2, 0) is 0 Å². The van der Waals surface area contributed by atoms with Crippen molar-refractivity contribution < 1.29 is 0 Å². The van der Waals surface area contributed by atoms with Gasteiger partial charge in [0, 0.05) is 43.7 Å². The van der Waals surface area contributed by atoms with Crippen molar-refractivity contribution in [3.63, 3.8) is 0 Å². The Bertz CT molecular complexity index is 3490. The summed E-state index contributed by atoms with van der Waals surface area (Å²) in [4.78, 5) is 0. The summed E-state index contributed by atoms with van der Waals surface area (Å²) in [7, 11) is 0. The van der Waals surface area contributed by atoms with Crippen LogP contribution in [0.2, 0.25) is 0 Å². The van der Waals surface area contributed by atoms with Crippen LogP contribution in [0.15, 0.2) is 212 Å². The number of aromatic nitrogens is 3. The molecule has 3 heteroatoms.